The summed E-state index contributed by atoms with van der Waals surface area (Å²) in [6.07, 6.45) is 1.97. The highest BCUT2D eigenvalue weighted by Crippen LogP contribution is 2.19. The Morgan fingerprint density at radius 2 is 1.83 bits per heavy atom. The van der Waals surface area contributed by atoms with Gasteiger partial charge in [-0.15, -0.1) is 0 Å². The fraction of sp³-hybridized carbons (Fsp3) is 0.261. The van der Waals surface area contributed by atoms with Crippen LogP contribution < -0.4 is 5.32 Å². The number of hydrogen-bond donors (Lipinski definition) is 1. The smallest absolute Gasteiger partial charge is 0.322 e. The van der Waals surface area contributed by atoms with Crippen LogP contribution in [0, 0.1) is 11.7 Å². The number of amides is 2. The summed E-state index contributed by atoms with van der Waals surface area (Å²) >= 11 is 6.30. The van der Waals surface area contributed by atoms with Crippen LogP contribution in [0.2, 0.25) is 5.02 Å². The van der Waals surface area contributed by atoms with Crippen LogP contribution in [0.25, 0.3) is 0 Å². The zero-order chi connectivity index (χ0) is 20.8. The second-order valence-electron chi connectivity index (χ2n) is 7.40. The lowest BCUT2D eigenvalue weighted by Crippen LogP contribution is -2.37. The molecule has 0 atom stereocenters. The molecule has 6 heteroatoms. The lowest BCUT2D eigenvalue weighted by molar-refractivity contribution is 0.200. The van der Waals surface area contributed by atoms with Crippen molar-refractivity contribution in [3.05, 3.63) is 89.0 Å². The Labute approximate surface area is 175 Å². The minimum absolute atomic E-state index is 0.178. The third-order valence-corrected chi connectivity index (χ3v) is 4.93. The molecule has 0 aliphatic carbocycles. The van der Waals surface area contributed by atoms with E-state index in [1.54, 1.807) is 23.1 Å². The van der Waals surface area contributed by atoms with Crippen LogP contribution in [0.15, 0.2) is 66.9 Å². The monoisotopic (exact) mass is 413 g/mol. The number of nitrogens with zero attached hydrogens (tertiary/aromatic N) is 2. The summed E-state index contributed by atoms with van der Waals surface area (Å²) in [5.74, 6) is -0.180. The number of benzene rings is 2. The molecule has 0 aliphatic heterocycles. The number of anilines is 1. The van der Waals surface area contributed by atoms with E-state index in [0.717, 1.165) is 11.3 Å². The number of rotatable bonds is 7. The fourth-order valence-electron chi connectivity index (χ4n) is 3.17. The van der Waals surface area contributed by atoms with Gasteiger partial charge < -0.3 is 14.8 Å². The van der Waals surface area contributed by atoms with Gasteiger partial charge in [-0.1, -0.05) is 55.8 Å². The van der Waals surface area contributed by atoms with E-state index < -0.39 is 5.82 Å². The van der Waals surface area contributed by atoms with Gasteiger partial charge in [0.1, 0.15) is 5.82 Å². The highest BCUT2D eigenvalue weighted by atomic mass is 35.5. The predicted molar refractivity (Wildman–Crippen MR) is 116 cm³/mol. The highest BCUT2D eigenvalue weighted by molar-refractivity contribution is 6.31. The molecule has 2 amide bonds. The van der Waals surface area contributed by atoms with Gasteiger partial charge in [0.2, 0.25) is 0 Å². The average molecular weight is 414 g/mol. The average Bonchev–Trinajstić information content (AvgIpc) is 3.11. The van der Waals surface area contributed by atoms with E-state index >= 15 is 0 Å². The van der Waals surface area contributed by atoms with Gasteiger partial charge in [-0.2, -0.15) is 0 Å². The van der Waals surface area contributed by atoms with Crippen molar-refractivity contribution < 1.29 is 9.18 Å². The highest BCUT2D eigenvalue weighted by Gasteiger charge is 2.18. The Kier molecular flexibility index (Phi) is 6.94. The molecule has 0 aliphatic rings. The number of carbonyl (C=O) groups is 1. The summed E-state index contributed by atoms with van der Waals surface area (Å²) < 4.78 is 16.0. The predicted octanol–water partition coefficient (Wildman–Crippen LogP) is 6.02. The summed E-state index contributed by atoms with van der Waals surface area (Å²) in [7, 11) is 0. The molecule has 0 radical (unpaired) electrons. The number of halogens is 2. The molecule has 2 aromatic carbocycles. The van der Waals surface area contributed by atoms with E-state index in [9.17, 15) is 9.18 Å². The van der Waals surface area contributed by atoms with Gasteiger partial charge in [0.05, 0.1) is 12.2 Å². The van der Waals surface area contributed by atoms with Gasteiger partial charge in [-0.05, 0) is 41.8 Å². The van der Waals surface area contributed by atoms with Crippen LogP contribution in [-0.4, -0.2) is 22.0 Å². The van der Waals surface area contributed by atoms with E-state index in [2.05, 4.69) is 9.88 Å². The number of urea groups is 1. The van der Waals surface area contributed by atoms with Crippen molar-refractivity contribution in [1.82, 2.24) is 9.47 Å². The SMILES string of the molecule is CC(C)CN(Cc1cccn1Cc1ccccc1Cl)C(=O)Nc1ccccc1F. The maximum atomic E-state index is 13.9. The molecule has 152 valence electrons. The normalized spacial score (nSPS) is 10.9. The van der Waals surface area contributed by atoms with Gasteiger partial charge in [0.15, 0.2) is 0 Å². The van der Waals surface area contributed by atoms with Crippen molar-refractivity contribution >= 4 is 23.3 Å². The molecule has 1 N–H and O–H groups in total. The molecular formula is C23H25ClFN3O. The summed E-state index contributed by atoms with van der Waals surface area (Å²) in [6, 6.07) is 17.5. The number of para-hydroxylation sites is 1. The molecule has 29 heavy (non-hydrogen) atoms. The lowest BCUT2D eigenvalue weighted by atomic mass is 10.2. The molecule has 3 aromatic rings. The van der Waals surface area contributed by atoms with Crippen molar-refractivity contribution in [2.75, 3.05) is 11.9 Å². The fourth-order valence-corrected chi connectivity index (χ4v) is 3.37. The van der Waals surface area contributed by atoms with Gasteiger partial charge in [0.25, 0.3) is 0 Å². The molecule has 1 heterocycles. The van der Waals surface area contributed by atoms with Crippen molar-refractivity contribution in [2.24, 2.45) is 5.92 Å². The number of nitrogens with one attached hydrogen (secondary N) is 1. The minimum Gasteiger partial charge on any atom is -0.345 e. The first-order valence-electron chi connectivity index (χ1n) is 9.62. The zero-order valence-corrected chi connectivity index (χ0v) is 17.4. The molecule has 0 saturated heterocycles. The second kappa shape index (κ2) is 9.61. The van der Waals surface area contributed by atoms with Crippen LogP contribution in [0.1, 0.15) is 25.1 Å². The van der Waals surface area contributed by atoms with Gasteiger partial charge >= 0.3 is 6.03 Å². The summed E-state index contributed by atoms with van der Waals surface area (Å²) in [5, 5.41) is 3.40. The molecule has 0 bridgehead atoms. The van der Waals surface area contributed by atoms with Gasteiger partial charge in [-0.25, -0.2) is 9.18 Å². The summed E-state index contributed by atoms with van der Waals surface area (Å²) in [4.78, 5) is 14.6. The van der Waals surface area contributed by atoms with Crippen molar-refractivity contribution in [3.63, 3.8) is 0 Å². The van der Waals surface area contributed by atoms with E-state index in [1.165, 1.54) is 6.07 Å². The first kappa shape index (κ1) is 20.9. The Balaban J connectivity index is 1.77. The molecule has 0 fully saturated rings. The molecule has 0 saturated carbocycles. The van der Waals surface area contributed by atoms with Crippen molar-refractivity contribution in [1.29, 1.82) is 0 Å². The van der Waals surface area contributed by atoms with Crippen LogP contribution in [0.3, 0.4) is 0 Å². The van der Waals surface area contributed by atoms with Crippen LogP contribution >= 0.6 is 11.6 Å². The first-order valence-corrected chi connectivity index (χ1v) is 9.99. The topological polar surface area (TPSA) is 37.3 Å². The van der Waals surface area contributed by atoms with Crippen molar-refractivity contribution in [3.8, 4) is 0 Å². The maximum Gasteiger partial charge on any atom is 0.322 e. The Hall–Kier alpha value is -2.79. The molecule has 3 rings (SSSR count). The standard InChI is InChI=1S/C23H25ClFN3O/c1-17(2)14-28(23(29)26-22-12-6-5-11-21(22)25)16-19-9-7-13-27(19)15-18-8-3-4-10-20(18)24/h3-13,17H,14-16H2,1-2H3,(H,26,29). The second-order valence-corrected chi connectivity index (χ2v) is 7.81. The maximum absolute atomic E-state index is 13.9. The largest absolute Gasteiger partial charge is 0.345 e. The summed E-state index contributed by atoms with van der Waals surface area (Å²) in [6.45, 7) is 5.68. The van der Waals surface area contributed by atoms with E-state index in [4.69, 9.17) is 11.6 Å². The molecule has 1 aromatic heterocycles. The van der Waals surface area contributed by atoms with Gasteiger partial charge in [-0.3, -0.25) is 0 Å². The number of aromatic nitrogens is 1. The third kappa shape index (κ3) is 5.61. The first-order chi connectivity index (χ1) is 13.9. The van der Waals surface area contributed by atoms with Crippen LogP contribution in [0.5, 0.6) is 0 Å². The molecular weight excluding hydrogens is 389 g/mol. The van der Waals surface area contributed by atoms with Crippen LogP contribution in [-0.2, 0) is 13.1 Å². The van der Waals surface area contributed by atoms with Crippen molar-refractivity contribution in [2.45, 2.75) is 26.9 Å². The molecule has 0 unspecified atom stereocenters. The third-order valence-electron chi connectivity index (χ3n) is 4.56. The van der Waals surface area contributed by atoms with E-state index in [1.807, 2.05) is 56.4 Å². The van der Waals surface area contributed by atoms with E-state index in [-0.39, 0.29) is 17.6 Å². The Bertz CT molecular complexity index is 970. The number of carbonyl (C=O) groups excluding carboxylic acids is 1. The number of hydrogen-bond acceptors (Lipinski definition) is 1. The lowest BCUT2D eigenvalue weighted by Gasteiger charge is -2.26. The van der Waals surface area contributed by atoms with Crippen LogP contribution in [0.4, 0.5) is 14.9 Å². The molecule has 0 spiro atoms. The van der Waals surface area contributed by atoms with E-state index in [0.29, 0.717) is 24.7 Å². The Morgan fingerprint density at radius 3 is 2.55 bits per heavy atom. The molecule has 4 nitrogen and oxygen atoms in total. The minimum atomic E-state index is -0.451. The zero-order valence-electron chi connectivity index (χ0n) is 16.6. The van der Waals surface area contributed by atoms with Gasteiger partial charge in [0, 0.05) is 30.0 Å². The summed E-state index contributed by atoms with van der Waals surface area (Å²) in [5.41, 5.74) is 2.17. The Morgan fingerprint density at radius 1 is 1.10 bits per heavy atom. The quantitative estimate of drug-likeness (QED) is 0.505.